The van der Waals surface area contributed by atoms with Gasteiger partial charge in [-0.1, -0.05) is 124 Å². The zero-order chi connectivity index (χ0) is 25.1. The average Bonchev–Trinajstić information content (AvgIpc) is 3.34. The number of hydrogen-bond donors (Lipinski definition) is 0. The van der Waals surface area contributed by atoms with Crippen molar-refractivity contribution in [2.45, 2.75) is 57.9 Å². The summed E-state index contributed by atoms with van der Waals surface area (Å²) in [4.78, 5) is 0. The molecule has 0 bridgehead atoms. The lowest BCUT2D eigenvalue weighted by molar-refractivity contribution is 0.466. The Morgan fingerprint density at radius 1 is 0.611 bits per heavy atom. The molecule has 3 aromatic rings. The lowest BCUT2D eigenvalue weighted by Crippen LogP contribution is -2.70. The van der Waals surface area contributed by atoms with Crippen LogP contribution in [0.1, 0.15) is 52.4 Å². The molecule has 1 fully saturated rings. The Labute approximate surface area is 225 Å². The predicted molar refractivity (Wildman–Crippen MR) is 170 cm³/mol. The molecule has 0 heterocycles. The van der Waals surface area contributed by atoms with Crippen molar-refractivity contribution in [2.75, 3.05) is 24.6 Å². The molecule has 1 saturated carbocycles. The number of unbranched alkanes of at least 4 members (excludes halogenated alkanes) is 2. The second kappa shape index (κ2) is 14.6. The van der Waals surface area contributed by atoms with Crippen LogP contribution in [0.5, 0.6) is 0 Å². The monoisotopic (exact) mass is 532 g/mol. The molecular weight excluding hydrogens is 486 g/mol. The highest BCUT2D eigenvalue weighted by Crippen LogP contribution is 2.50. The topological polar surface area (TPSA) is 0 Å². The van der Waals surface area contributed by atoms with Gasteiger partial charge in [0.05, 0.1) is 0 Å². The summed E-state index contributed by atoms with van der Waals surface area (Å²) in [5, 5.41) is 4.84. The summed E-state index contributed by atoms with van der Waals surface area (Å²) in [5.74, 6) is 1.78. The molecule has 36 heavy (non-hydrogen) atoms. The molecule has 0 saturated heterocycles. The Bertz CT molecular complexity index is 895. The molecule has 0 spiro atoms. The van der Waals surface area contributed by atoms with Crippen molar-refractivity contribution in [1.82, 2.24) is 0 Å². The van der Waals surface area contributed by atoms with Crippen molar-refractivity contribution in [3.8, 4) is 0 Å². The number of rotatable bonds is 14. The smallest absolute Gasteiger partial charge is 0.122 e. The second-order valence-electron chi connectivity index (χ2n) is 10.6. The summed E-state index contributed by atoms with van der Waals surface area (Å²) in [6.45, 7) is 4.69. The summed E-state index contributed by atoms with van der Waals surface area (Å²) in [6.07, 6.45) is 14.1. The summed E-state index contributed by atoms with van der Waals surface area (Å²) in [7, 11) is 0.0723. The van der Waals surface area contributed by atoms with Gasteiger partial charge in [-0.05, 0) is 76.8 Å². The zero-order valence-electron chi connectivity index (χ0n) is 22.5. The molecule has 0 N–H and O–H groups in total. The zero-order valence-corrected chi connectivity index (χ0v) is 25.5. The van der Waals surface area contributed by atoms with E-state index in [0.717, 1.165) is 34.5 Å². The van der Waals surface area contributed by atoms with Gasteiger partial charge in [0, 0.05) is 0 Å². The molecule has 0 amide bonds. The summed E-state index contributed by atoms with van der Waals surface area (Å²) >= 11 is 0. The molecule has 3 heteroatoms. The van der Waals surface area contributed by atoms with Crippen LogP contribution in [0.15, 0.2) is 91.0 Å². The van der Waals surface area contributed by atoms with Crippen LogP contribution in [-0.4, -0.2) is 32.7 Å². The molecule has 3 aromatic carbocycles. The highest BCUT2D eigenvalue weighted by molar-refractivity contribution is 7.38. The van der Waals surface area contributed by atoms with Crippen LogP contribution in [0.4, 0.5) is 0 Å². The molecule has 4 rings (SSSR count). The van der Waals surface area contributed by atoms with E-state index < -0.39 is 8.07 Å². The lowest BCUT2D eigenvalue weighted by Gasteiger charge is -2.43. The summed E-state index contributed by atoms with van der Waals surface area (Å²) < 4.78 is 0. The molecule has 1 aliphatic carbocycles. The first-order valence-corrected chi connectivity index (χ1v) is 19.3. The van der Waals surface area contributed by atoms with Gasteiger partial charge < -0.3 is 0 Å². The minimum atomic E-state index is -2.21. The molecule has 1 aliphatic rings. The maximum absolute atomic E-state index is 2.47. The van der Waals surface area contributed by atoms with Crippen LogP contribution in [0.3, 0.4) is 0 Å². The third-order valence-corrected chi connectivity index (χ3v) is 17.0. The molecule has 0 radical (unpaired) electrons. The Morgan fingerprint density at radius 3 is 1.50 bits per heavy atom. The van der Waals surface area contributed by atoms with Crippen LogP contribution in [0, 0.1) is 11.8 Å². The van der Waals surface area contributed by atoms with Crippen LogP contribution in [0.25, 0.3) is 0 Å². The number of hydrogen-bond acceptors (Lipinski definition) is 0. The first-order valence-electron chi connectivity index (χ1n) is 14.4. The molecule has 0 aliphatic heterocycles. The maximum Gasteiger partial charge on any atom is 0.151 e. The van der Waals surface area contributed by atoms with E-state index in [1.54, 1.807) is 15.6 Å². The van der Waals surface area contributed by atoms with E-state index in [9.17, 15) is 0 Å². The summed E-state index contributed by atoms with van der Waals surface area (Å²) in [5.41, 5.74) is 0.778. The van der Waals surface area contributed by atoms with Gasteiger partial charge in [0.2, 0.25) is 0 Å². The fourth-order valence-electron chi connectivity index (χ4n) is 6.66. The van der Waals surface area contributed by atoms with Crippen LogP contribution < -0.4 is 15.6 Å². The Hall–Kier alpha value is -1.26. The van der Waals surface area contributed by atoms with E-state index in [1.165, 1.54) is 63.2 Å². The van der Waals surface area contributed by atoms with Gasteiger partial charge in [-0.25, -0.2) is 0 Å². The van der Waals surface area contributed by atoms with E-state index in [2.05, 4.69) is 105 Å². The highest BCUT2D eigenvalue weighted by Gasteiger charge is 2.52. The Morgan fingerprint density at radius 2 is 1.06 bits per heavy atom. The van der Waals surface area contributed by atoms with Gasteiger partial charge in [0.25, 0.3) is 0 Å². The fraction of sp³-hybridized carbons (Fsp3) is 0.455. The molecule has 192 valence electrons. The highest BCUT2D eigenvalue weighted by atomic mass is 31.1. The average molecular weight is 533 g/mol. The summed E-state index contributed by atoms with van der Waals surface area (Å²) in [6, 6.07) is 35.2. The minimum Gasteiger partial charge on any atom is -0.122 e. The van der Waals surface area contributed by atoms with E-state index in [4.69, 9.17) is 0 Å². The van der Waals surface area contributed by atoms with Gasteiger partial charge in [-0.2, -0.15) is 0 Å². The molecule has 5 unspecified atom stereocenters. The van der Waals surface area contributed by atoms with Crippen molar-refractivity contribution in [3.63, 3.8) is 0 Å². The van der Waals surface area contributed by atoms with E-state index >= 15 is 0 Å². The van der Waals surface area contributed by atoms with Gasteiger partial charge in [-0.15, -0.1) is 17.2 Å². The maximum atomic E-state index is 2.47. The van der Waals surface area contributed by atoms with E-state index in [1.807, 2.05) is 0 Å². The van der Waals surface area contributed by atoms with Crippen molar-refractivity contribution in [3.05, 3.63) is 91.0 Å². The minimum absolute atomic E-state index is 0.778. The Kier molecular flexibility index (Phi) is 11.3. The van der Waals surface area contributed by atoms with Crippen molar-refractivity contribution in [2.24, 2.45) is 11.8 Å². The molecule has 5 atom stereocenters. The van der Waals surface area contributed by atoms with Crippen LogP contribution in [0.2, 0.25) is 5.54 Å². The molecule has 0 nitrogen and oxygen atoms in total. The van der Waals surface area contributed by atoms with E-state index in [0.29, 0.717) is 0 Å². The van der Waals surface area contributed by atoms with Crippen molar-refractivity contribution >= 4 is 40.8 Å². The van der Waals surface area contributed by atoms with Gasteiger partial charge in [0.15, 0.2) is 8.07 Å². The SMILES string of the molecule is CCCCPCC1CCC([Si](c2ccccc2)(c2ccccc2)c2ccccc2)C1CPCCCC. The lowest BCUT2D eigenvalue weighted by atomic mass is 10.00. The Balaban J connectivity index is 1.80. The van der Waals surface area contributed by atoms with Crippen LogP contribution >= 0.6 is 17.2 Å². The van der Waals surface area contributed by atoms with Crippen molar-refractivity contribution < 1.29 is 0 Å². The fourth-order valence-corrected chi connectivity index (χ4v) is 16.4. The first-order chi connectivity index (χ1) is 17.8. The van der Waals surface area contributed by atoms with Crippen LogP contribution in [-0.2, 0) is 0 Å². The van der Waals surface area contributed by atoms with Crippen molar-refractivity contribution in [1.29, 1.82) is 0 Å². The molecule has 0 aromatic heterocycles. The standard InChI is InChI=1S/C33H46P2Si/c1-3-5-24-34-26-28-22-23-33(32(28)27-35-25-6-4-2)36(29-16-10-7-11-17-29,30-18-12-8-13-19-30)31-20-14-9-15-21-31/h7-21,28,32-35H,3-6,22-27H2,1-2H3. The van der Waals surface area contributed by atoms with Gasteiger partial charge in [0.1, 0.15) is 0 Å². The second-order valence-corrected chi connectivity index (χ2v) is 17.5. The predicted octanol–water partition coefficient (Wildman–Crippen LogP) is 7.51. The first kappa shape index (κ1) is 27.8. The third kappa shape index (κ3) is 6.41. The largest absolute Gasteiger partial charge is 0.151 e. The normalized spacial score (nSPS) is 20.7. The number of benzene rings is 3. The van der Waals surface area contributed by atoms with Gasteiger partial charge in [-0.3, -0.25) is 0 Å². The van der Waals surface area contributed by atoms with E-state index in [-0.39, 0.29) is 0 Å². The van der Waals surface area contributed by atoms with Gasteiger partial charge >= 0.3 is 0 Å². The molecular formula is C33H46P2Si. The quantitative estimate of drug-likeness (QED) is 0.0872. The third-order valence-electron chi connectivity index (χ3n) is 8.42.